The van der Waals surface area contributed by atoms with Gasteiger partial charge in [-0.2, -0.15) is 0 Å². The van der Waals surface area contributed by atoms with Crippen molar-refractivity contribution in [2.24, 2.45) is 4.99 Å². The zero-order chi connectivity index (χ0) is 9.84. The second-order valence-corrected chi connectivity index (χ2v) is 3.71. The molecule has 0 spiro atoms. The van der Waals surface area contributed by atoms with Crippen molar-refractivity contribution in [3.63, 3.8) is 0 Å². The van der Waals surface area contributed by atoms with E-state index in [-0.39, 0.29) is 0 Å². The Balaban J connectivity index is 2.63. The molecule has 0 aromatic carbocycles. The van der Waals surface area contributed by atoms with Crippen LogP contribution in [0.25, 0.3) is 0 Å². The van der Waals surface area contributed by atoms with Gasteiger partial charge in [0.25, 0.3) is 0 Å². The molecule has 0 radical (unpaired) electrons. The lowest BCUT2D eigenvalue weighted by Gasteiger charge is -2.36. The molecule has 0 N–H and O–H groups in total. The van der Waals surface area contributed by atoms with E-state index in [9.17, 15) is 0 Å². The number of nitrogens with zero attached hydrogens (tertiary/aromatic N) is 3. The molecule has 0 bridgehead atoms. The Bertz CT molecular complexity index is 208. The average molecular weight is 181 g/mol. The number of hydrogen-bond acceptors (Lipinski definition) is 2. The molecule has 13 heavy (non-hydrogen) atoms. The van der Waals surface area contributed by atoms with Gasteiger partial charge in [-0.15, -0.1) is 0 Å². The summed E-state index contributed by atoms with van der Waals surface area (Å²) in [5.41, 5.74) is 0. The first kappa shape index (κ1) is 10.3. The first-order valence-electron chi connectivity index (χ1n) is 4.78. The zero-order valence-electron chi connectivity index (χ0n) is 8.82. The van der Waals surface area contributed by atoms with Crippen molar-refractivity contribution in [1.29, 1.82) is 0 Å². The van der Waals surface area contributed by atoms with Gasteiger partial charge in [-0.25, -0.2) is 4.99 Å². The number of rotatable bonds is 2. The molecule has 0 aromatic heterocycles. The van der Waals surface area contributed by atoms with Crippen molar-refractivity contribution in [3.8, 4) is 0 Å². The lowest BCUT2D eigenvalue weighted by atomic mass is 10.2. The summed E-state index contributed by atoms with van der Waals surface area (Å²) in [7, 11) is 2.08. The fourth-order valence-electron chi connectivity index (χ4n) is 1.47. The predicted molar refractivity (Wildman–Crippen MR) is 57.0 cm³/mol. The van der Waals surface area contributed by atoms with E-state index in [1.54, 1.807) is 6.20 Å². The van der Waals surface area contributed by atoms with Crippen LogP contribution in [0.3, 0.4) is 0 Å². The second-order valence-electron chi connectivity index (χ2n) is 3.71. The molecule has 1 fully saturated rings. The molecule has 74 valence electrons. The highest BCUT2D eigenvalue weighted by atomic mass is 15.3. The highest BCUT2D eigenvalue weighted by Crippen LogP contribution is 2.06. The molecule has 0 unspecified atom stereocenters. The maximum Gasteiger partial charge on any atom is 0.118 e. The molecule has 0 amide bonds. The number of amidine groups is 1. The average Bonchev–Trinajstić information content (AvgIpc) is 2.08. The molecular formula is C10H19N3. The van der Waals surface area contributed by atoms with Gasteiger partial charge < -0.3 is 4.90 Å². The van der Waals surface area contributed by atoms with Crippen LogP contribution in [0.4, 0.5) is 0 Å². The SMILES string of the molecule is C=C/N=C1/CN(C(C)C)CCN1C. The monoisotopic (exact) mass is 181 g/mol. The molecule has 1 aliphatic heterocycles. The number of hydrogen-bond donors (Lipinski definition) is 0. The van der Waals surface area contributed by atoms with Crippen molar-refractivity contribution in [1.82, 2.24) is 9.80 Å². The minimum absolute atomic E-state index is 0.601. The van der Waals surface area contributed by atoms with E-state index in [0.717, 1.165) is 25.5 Å². The lowest BCUT2D eigenvalue weighted by Crippen LogP contribution is -2.50. The van der Waals surface area contributed by atoms with Crippen molar-refractivity contribution in [2.75, 3.05) is 26.7 Å². The summed E-state index contributed by atoms with van der Waals surface area (Å²) in [6.07, 6.45) is 1.62. The van der Waals surface area contributed by atoms with Crippen LogP contribution in [0.2, 0.25) is 0 Å². The molecular weight excluding hydrogens is 162 g/mol. The third kappa shape index (κ3) is 2.56. The fraction of sp³-hybridized carbons (Fsp3) is 0.700. The largest absolute Gasteiger partial charge is 0.361 e. The summed E-state index contributed by atoms with van der Waals surface area (Å²) >= 11 is 0. The molecule has 1 aliphatic rings. The summed E-state index contributed by atoms with van der Waals surface area (Å²) in [6.45, 7) is 11.2. The third-order valence-electron chi connectivity index (χ3n) is 2.48. The maximum absolute atomic E-state index is 4.26. The molecule has 0 aromatic rings. The van der Waals surface area contributed by atoms with Gasteiger partial charge in [-0.3, -0.25) is 4.90 Å². The summed E-state index contributed by atoms with van der Waals surface area (Å²) in [6, 6.07) is 0.601. The first-order valence-corrected chi connectivity index (χ1v) is 4.78. The van der Waals surface area contributed by atoms with Gasteiger partial charge in [0.2, 0.25) is 0 Å². The molecule has 1 saturated heterocycles. The number of aliphatic imine (C=N–C) groups is 1. The Morgan fingerprint density at radius 1 is 1.46 bits per heavy atom. The van der Waals surface area contributed by atoms with Crippen molar-refractivity contribution < 1.29 is 0 Å². The maximum atomic E-state index is 4.26. The topological polar surface area (TPSA) is 18.8 Å². The smallest absolute Gasteiger partial charge is 0.118 e. The summed E-state index contributed by atoms with van der Waals surface area (Å²) in [5, 5.41) is 0. The molecule has 0 atom stereocenters. The second kappa shape index (κ2) is 4.42. The van der Waals surface area contributed by atoms with E-state index in [0.29, 0.717) is 6.04 Å². The Morgan fingerprint density at radius 2 is 2.15 bits per heavy atom. The van der Waals surface area contributed by atoms with Crippen molar-refractivity contribution >= 4 is 5.84 Å². The fourth-order valence-corrected chi connectivity index (χ4v) is 1.47. The van der Waals surface area contributed by atoms with Crippen molar-refractivity contribution in [3.05, 3.63) is 12.8 Å². The van der Waals surface area contributed by atoms with Crippen molar-refractivity contribution in [2.45, 2.75) is 19.9 Å². The van der Waals surface area contributed by atoms with E-state index < -0.39 is 0 Å². The van der Waals surface area contributed by atoms with Gasteiger partial charge in [0.1, 0.15) is 5.84 Å². The quantitative estimate of drug-likeness (QED) is 0.637. The van der Waals surface area contributed by atoms with Gasteiger partial charge in [0.05, 0.1) is 6.54 Å². The standard InChI is InChI=1S/C10H19N3/c1-5-11-10-8-13(9(2)3)7-6-12(10)4/h5,9H,1,6-8H2,2-4H3/b11-10-. The van der Waals surface area contributed by atoms with E-state index >= 15 is 0 Å². The van der Waals surface area contributed by atoms with Crippen LogP contribution < -0.4 is 0 Å². The van der Waals surface area contributed by atoms with Crippen LogP contribution in [0.15, 0.2) is 17.8 Å². The highest BCUT2D eigenvalue weighted by Gasteiger charge is 2.20. The number of likely N-dealkylation sites (N-methyl/N-ethyl adjacent to an activating group) is 1. The van der Waals surface area contributed by atoms with Crippen LogP contribution in [0, 0.1) is 0 Å². The Hall–Kier alpha value is -0.830. The highest BCUT2D eigenvalue weighted by molar-refractivity contribution is 5.85. The van der Waals surface area contributed by atoms with Gasteiger partial charge in [-0.05, 0) is 13.8 Å². The Labute approximate surface area is 80.7 Å². The molecule has 3 heteroatoms. The molecule has 1 heterocycles. The summed E-state index contributed by atoms with van der Waals surface area (Å²) in [5.74, 6) is 1.12. The van der Waals surface area contributed by atoms with Gasteiger partial charge >= 0.3 is 0 Å². The normalized spacial score (nSPS) is 22.8. The summed E-state index contributed by atoms with van der Waals surface area (Å²) < 4.78 is 0. The van der Waals surface area contributed by atoms with Gasteiger partial charge in [0.15, 0.2) is 0 Å². The minimum Gasteiger partial charge on any atom is -0.361 e. The predicted octanol–water partition coefficient (Wildman–Crippen LogP) is 1.18. The van der Waals surface area contributed by atoms with Crippen LogP contribution in [-0.2, 0) is 0 Å². The van der Waals surface area contributed by atoms with E-state index in [2.05, 4.69) is 42.3 Å². The van der Waals surface area contributed by atoms with Crippen LogP contribution >= 0.6 is 0 Å². The molecule has 3 nitrogen and oxygen atoms in total. The Morgan fingerprint density at radius 3 is 2.69 bits per heavy atom. The van der Waals surface area contributed by atoms with E-state index in [1.165, 1.54) is 0 Å². The van der Waals surface area contributed by atoms with Crippen LogP contribution in [0.5, 0.6) is 0 Å². The summed E-state index contributed by atoms with van der Waals surface area (Å²) in [4.78, 5) is 8.88. The zero-order valence-corrected chi connectivity index (χ0v) is 8.82. The van der Waals surface area contributed by atoms with E-state index in [1.807, 2.05) is 0 Å². The number of piperazine rings is 1. The Kier molecular flexibility index (Phi) is 3.48. The van der Waals surface area contributed by atoms with Crippen LogP contribution in [0.1, 0.15) is 13.8 Å². The molecule has 1 rings (SSSR count). The third-order valence-corrected chi connectivity index (χ3v) is 2.48. The van der Waals surface area contributed by atoms with E-state index in [4.69, 9.17) is 0 Å². The first-order chi connectivity index (χ1) is 6.15. The van der Waals surface area contributed by atoms with Gasteiger partial charge in [-0.1, -0.05) is 6.58 Å². The van der Waals surface area contributed by atoms with Gasteiger partial charge in [0, 0.05) is 32.4 Å². The minimum atomic E-state index is 0.601. The molecule has 0 saturated carbocycles. The van der Waals surface area contributed by atoms with Crippen LogP contribution in [-0.4, -0.2) is 48.4 Å². The lowest BCUT2D eigenvalue weighted by molar-refractivity contribution is 0.204. The molecule has 0 aliphatic carbocycles.